The van der Waals surface area contributed by atoms with Crippen molar-refractivity contribution < 1.29 is 22.7 Å². The number of carbonyl (C=O) groups excluding carboxylic acids is 1. The monoisotopic (exact) mass is 452 g/mol. The van der Waals surface area contributed by atoms with Crippen LogP contribution in [-0.4, -0.2) is 44.9 Å². The number of amides is 1. The molecule has 1 heterocycles. The van der Waals surface area contributed by atoms with Gasteiger partial charge in [0.2, 0.25) is 10.0 Å². The fraction of sp³-hybridized carbons (Fsp3) is 0.208. The third-order valence-electron chi connectivity index (χ3n) is 5.13. The molecule has 1 saturated heterocycles. The molecule has 1 N–H and O–H groups in total. The molecule has 0 spiro atoms. The molecule has 1 aliphatic rings. The predicted molar refractivity (Wildman–Crippen MR) is 122 cm³/mol. The van der Waals surface area contributed by atoms with Crippen molar-refractivity contribution in [2.24, 2.45) is 0 Å². The van der Waals surface area contributed by atoms with Crippen molar-refractivity contribution in [3.8, 4) is 11.5 Å². The highest BCUT2D eigenvalue weighted by Crippen LogP contribution is 2.25. The van der Waals surface area contributed by atoms with Crippen molar-refractivity contribution >= 4 is 21.6 Å². The van der Waals surface area contributed by atoms with Gasteiger partial charge in [-0.1, -0.05) is 24.3 Å². The molecule has 166 valence electrons. The summed E-state index contributed by atoms with van der Waals surface area (Å²) in [6.07, 6.45) is 0. The molecule has 1 amide bonds. The number of morpholine rings is 1. The van der Waals surface area contributed by atoms with E-state index >= 15 is 0 Å². The second-order valence-corrected chi connectivity index (χ2v) is 9.30. The van der Waals surface area contributed by atoms with Crippen LogP contribution in [0.4, 0.5) is 5.69 Å². The third kappa shape index (κ3) is 4.99. The highest BCUT2D eigenvalue weighted by Gasteiger charge is 2.28. The van der Waals surface area contributed by atoms with E-state index in [9.17, 15) is 13.2 Å². The zero-order valence-corrected chi connectivity index (χ0v) is 18.5. The molecule has 4 rings (SSSR count). The number of anilines is 1. The van der Waals surface area contributed by atoms with Crippen LogP contribution in [0, 0.1) is 6.92 Å². The zero-order chi connectivity index (χ0) is 22.6. The van der Waals surface area contributed by atoms with E-state index in [-0.39, 0.29) is 10.8 Å². The van der Waals surface area contributed by atoms with Gasteiger partial charge in [0.15, 0.2) is 0 Å². The average molecular weight is 453 g/mol. The molecule has 0 atom stereocenters. The molecular formula is C24H24N2O5S. The lowest BCUT2D eigenvalue weighted by Gasteiger charge is -2.26. The number of ether oxygens (including phenoxy) is 2. The standard InChI is InChI=1S/C24H24N2O5S/c1-18-7-10-20(17-23(18)32(28,29)26-13-15-30-16-14-26)25-24(27)19-8-11-22(12-9-19)31-21-5-3-2-4-6-21/h2-12,17H,13-16H2,1H3,(H,25,27). The normalized spacial score (nSPS) is 14.7. The Bertz CT molecular complexity index is 1190. The van der Waals surface area contributed by atoms with E-state index in [1.165, 1.54) is 10.4 Å². The first kappa shape index (κ1) is 22.0. The summed E-state index contributed by atoms with van der Waals surface area (Å²) in [4.78, 5) is 12.9. The number of para-hydroxylation sites is 1. The molecule has 0 unspecified atom stereocenters. The van der Waals surface area contributed by atoms with Crippen molar-refractivity contribution in [3.63, 3.8) is 0 Å². The number of nitrogens with one attached hydrogen (secondary N) is 1. The molecule has 0 aliphatic carbocycles. The summed E-state index contributed by atoms with van der Waals surface area (Å²) >= 11 is 0. The molecule has 7 nitrogen and oxygen atoms in total. The van der Waals surface area contributed by atoms with Crippen molar-refractivity contribution in [2.45, 2.75) is 11.8 Å². The third-order valence-corrected chi connectivity index (χ3v) is 7.17. The maximum atomic E-state index is 13.0. The number of hydrogen-bond acceptors (Lipinski definition) is 5. The van der Waals surface area contributed by atoms with E-state index in [1.807, 2.05) is 30.3 Å². The molecule has 1 aliphatic heterocycles. The fourth-order valence-electron chi connectivity index (χ4n) is 3.38. The largest absolute Gasteiger partial charge is 0.457 e. The number of carbonyl (C=O) groups is 1. The highest BCUT2D eigenvalue weighted by atomic mass is 32.2. The van der Waals surface area contributed by atoms with Crippen LogP contribution in [0.2, 0.25) is 0 Å². The van der Waals surface area contributed by atoms with Crippen LogP contribution in [0.15, 0.2) is 77.7 Å². The maximum Gasteiger partial charge on any atom is 0.255 e. The molecule has 0 radical (unpaired) electrons. The minimum atomic E-state index is -3.67. The molecule has 1 fully saturated rings. The summed E-state index contributed by atoms with van der Waals surface area (Å²) in [6, 6.07) is 21.0. The predicted octanol–water partition coefficient (Wildman–Crippen LogP) is 4.06. The van der Waals surface area contributed by atoms with Crippen LogP contribution in [0.3, 0.4) is 0 Å². The summed E-state index contributed by atoms with van der Waals surface area (Å²) in [5, 5.41) is 2.78. The molecule has 32 heavy (non-hydrogen) atoms. The van der Waals surface area contributed by atoms with Crippen molar-refractivity contribution in [2.75, 3.05) is 31.6 Å². The quantitative estimate of drug-likeness (QED) is 0.610. The van der Waals surface area contributed by atoms with Gasteiger partial charge in [-0.3, -0.25) is 4.79 Å². The molecule has 8 heteroatoms. The van der Waals surface area contributed by atoms with Crippen molar-refractivity contribution in [1.82, 2.24) is 4.31 Å². The van der Waals surface area contributed by atoms with Gasteiger partial charge in [-0.25, -0.2) is 8.42 Å². The minimum Gasteiger partial charge on any atom is -0.457 e. The van der Waals surface area contributed by atoms with E-state index in [0.717, 1.165) is 0 Å². The Balaban J connectivity index is 1.48. The first-order valence-corrected chi connectivity index (χ1v) is 11.7. The van der Waals surface area contributed by atoms with Gasteiger partial charge < -0.3 is 14.8 Å². The average Bonchev–Trinajstić information content (AvgIpc) is 2.82. The summed E-state index contributed by atoms with van der Waals surface area (Å²) in [5.74, 6) is 0.982. The van der Waals surface area contributed by atoms with Gasteiger partial charge >= 0.3 is 0 Å². The van der Waals surface area contributed by atoms with E-state index in [4.69, 9.17) is 9.47 Å². The minimum absolute atomic E-state index is 0.184. The van der Waals surface area contributed by atoms with Crippen LogP contribution in [0.5, 0.6) is 11.5 Å². The second kappa shape index (κ2) is 9.52. The lowest BCUT2D eigenvalue weighted by atomic mass is 10.2. The number of benzene rings is 3. The molecular weight excluding hydrogens is 428 g/mol. The van der Waals surface area contributed by atoms with Crippen LogP contribution >= 0.6 is 0 Å². The Kier molecular flexibility index (Phi) is 6.55. The number of rotatable bonds is 6. The fourth-order valence-corrected chi connectivity index (χ4v) is 5.04. The first-order chi connectivity index (χ1) is 15.4. The van der Waals surface area contributed by atoms with E-state index in [2.05, 4.69) is 5.32 Å². The molecule has 0 aromatic heterocycles. The summed E-state index contributed by atoms with van der Waals surface area (Å²) in [6.45, 7) is 3.12. The van der Waals surface area contributed by atoms with Gasteiger partial charge in [-0.15, -0.1) is 0 Å². The molecule has 3 aromatic carbocycles. The smallest absolute Gasteiger partial charge is 0.255 e. The van der Waals surface area contributed by atoms with Gasteiger partial charge in [-0.05, 0) is 61.0 Å². The Morgan fingerprint density at radius 2 is 1.59 bits per heavy atom. The lowest BCUT2D eigenvalue weighted by Crippen LogP contribution is -2.40. The molecule has 3 aromatic rings. The van der Waals surface area contributed by atoms with Crippen LogP contribution in [0.1, 0.15) is 15.9 Å². The molecule has 0 bridgehead atoms. The Morgan fingerprint density at radius 3 is 2.28 bits per heavy atom. The van der Waals surface area contributed by atoms with Gasteiger partial charge in [-0.2, -0.15) is 4.31 Å². The van der Waals surface area contributed by atoms with Gasteiger partial charge in [0.05, 0.1) is 18.1 Å². The van der Waals surface area contributed by atoms with E-state index in [1.54, 1.807) is 43.3 Å². The first-order valence-electron chi connectivity index (χ1n) is 10.3. The Morgan fingerprint density at radius 1 is 0.938 bits per heavy atom. The van der Waals surface area contributed by atoms with Crippen molar-refractivity contribution in [3.05, 3.63) is 83.9 Å². The number of sulfonamides is 1. The van der Waals surface area contributed by atoms with E-state index < -0.39 is 10.0 Å². The summed E-state index contributed by atoms with van der Waals surface area (Å²) in [7, 11) is -3.67. The highest BCUT2D eigenvalue weighted by molar-refractivity contribution is 7.89. The SMILES string of the molecule is Cc1ccc(NC(=O)c2ccc(Oc3ccccc3)cc2)cc1S(=O)(=O)N1CCOCC1. The number of aryl methyl sites for hydroxylation is 1. The molecule has 0 saturated carbocycles. The second-order valence-electron chi connectivity index (χ2n) is 7.39. The number of hydrogen-bond donors (Lipinski definition) is 1. The van der Waals surface area contributed by atoms with Crippen molar-refractivity contribution in [1.29, 1.82) is 0 Å². The van der Waals surface area contributed by atoms with Gasteiger partial charge in [0, 0.05) is 24.3 Å². The maximum absolute atomic E-state index is 13.0. The van der Waals surface area contributed by atoms with Crippen LogP contribution in [0.25, 0.3) is 0 Å². The lowest BCUT2D eigenvalue weighted by molar-refractivity contribution is 0.0730. The van der Waals surface area contributed by atoms with Crippen LogP contribution < -0.4 is 10.1 Å². The zero-order valence-electron chi connectivity index (χ0n) is 17.7. The summed E-state index contributed by atoms with van der Waals surface area (Å²) in [5.41, 5.74) is 1.47. The van der Waals surface area contributed by atoms with Crippen LogP contribution in [-0.2, 0) is 14.8 Å². The van der Waals surface area contributed by atoms with Gasteiger partial charge in [0.25, 0.3) is 5.91 Å². The number of nitrogens with zero attached hydrogens (tertiary/aromatic N) is 1. The van der Waals surface area contributed by atoms with Gasteiger partial charge in [0.1, 0.15) is 11.5 Å². The Hall–Kier alpha value is -3.20. The topological polar surface area (TPSA) is 84.9 Å². The summed E-state index contributed by atoms with van der Waals surface area (Å²) < 4.78 is 38.5. The Labute approximate surface area is 187 Å². The van der Waals surface area contributed by atoms with E-state index in [0.29, 0.717) is 54.6 Å².